The molecule has 0 rings (SSSR count). The second-order valence-corrected chi connectivity index (χ2v) is 5.63. The van der Waals surface area contributed by atoms with Crippen molar-refractivity contribution in [3.8, 4) is 0 Å². The highest BCUT2D eigenvalue weighted by atomic mass is 16.6. The van der Waals surface area contributed by atoms with E-state index in [2.05, 4.69) is 13.2 Å². The average molecular weight is 281 g/mol. The van der Waals surface area contributed by atoms with Crippen LogP contribution in [0.25, 0.3) is 0 Å². The predicted molar refractivity (Wildman–Crippen MR) is 82.8 cm³/mol. The highest BCUT2D eigenvalue weighted by Gasteiger charge is 2.23. The number of carbonyl (C=O) groups excluding carboxylic acids is 1. The van der Waals surface area contributed by atoms with Gasteiger partial charge in [-0.1, -0.05) is 25.3 Å². The molecule has 4 nitrogen and oxygen atoms in total. The first-order valence-corrected chi connectivity index (χ1v) is 6.58. The predicted octanol–water partition coefficient (Wildman–Crippen LogP) is 3.56. The first-order chi connectivity index (χ1) is 9.16. The third-order valence-corrected chi connectivity index (χ3v) is 2.76. The Bertz CT molecular complexity index is 391. The quantitative estimate of drug-likeness (QED) is 0.699. The SMILES string of the molecule is C=C/C(C)=C(\C=C)C(CN(C)C(=O)OC(C)(C)C)OC. The maximum absolute atomic E-state index is 11.9. The molecule has 0 aliphatic rings. The van der Waals surface area contributed by atoms with Gasteiger partial charge in [0.2, 0.25) is 0 Å². The first kappa shape index (κ1) is 18.4. The Hall–Kier alpha value is -1.55. The van der Waals surface area contributed by atoms with E-state index in [-0.39, 0.29) is 12.2 Å². The average Bonchev–Trinajstić information content (AvgIpc) is 2.35. The number of ether oxygens (including phenoxy) is 2. The highest BCUT2D eigenvalue weighted by Crippen LogP contribution is 2.16. The van der Waals surface area contributed by atoms with E-state index in [0.717, 1.165) is 11.1 Å². The molecule has 0 spiro atoms. The van der Waals surface area contributed by atoms with Crippen molar-refractivity contribution in [3.05, 3.63) is 36.5 Å². The van der Waals surface area contributed by atoms with Crippen molar-refractivity contribution >= 4 is 6.09 Å². The van der Waals surface area contributed by atoms with Gasteiger partial charge in [-0.05, 0) is 38.8 Å². The van der Waals surface area contributed by atoms with Gasteiger partial charge in [-0.3, -0.25) is 0 Å². The van der Waals surface area contributed by atoms with Crippen molar-refractivity contribution in [1.82, 2.24) is 4.90 Å². The molecule has 0 bridgehead atoms. The number of hydrogen-bond donors (Lipinski definition) is 0. The minimum Gasteiger partial charge on any atom is -0.444 e. The summed E-state index contributed by atoms with van der Waals surface area (Å²) in [5.41, 5.74) is 1.38. The van der Waals surface area contributed by atoms with Gasteiger partial charge in [0, 0.05) is 14.2 Å². The number of carbonyl (C=O) groups is 1. The van der Waals surface area contributed by atoms with E-state index in [4.69, 9.17) is 9.47 Å². The van der Waals surface area contributed by atoms with Gasteiger partial charge in [0.05, 0.1) is 12.6 Å². The molecule has 0 heterocycles. The summed E-state index contributed by atoms with van der Waals surface area (Å²) in [7, 11) is 3.29. The summed E-state index contributed by atoms with van der Waals surface area (Å²) in [6.45, 7) is 15.4. The van der Waals surface area contributed by atoms with Crippen molar-refractivity contribution in [2.24, 2.45) is 0 Å². The van der Waals surface area contributed by atoms with Crippen LogP contribution < -0.4 is 0 Å². The van der Waals surface area contributed by atoms with Crippen molar-refractivity contribution in [2.45, 2.75) is 39.4 Å². The highest BCUT2D eigenvalue weighted by molar-refractivity contribution is 5.67. The summed E-state index contributed by atoms with van der Waals surface area (Å²) >= 11 is 0. The second kappa shape index (κ2) is 7.90. The van der Waals surface area contributed by atoms with Crippen molar-refractivity contribution in [3.63, 3.8) is 0 Å². The standard InChI is InChI=1S/C16H27NO3/c1-9-12(3)13(10-2)14(19-8)11-17(7)15(18)20-16(4,5)6/h9-10,14H,1-2,11H2,3-8H3/b13-12+. The van der Waals surface area contributed by atoms with E-state index < -0.39 is 5.60 Å². The first-order valence-electron chi connectivity index (χ1n) is 6.58. The zero-order valence-corrected chi connectivity index (χ0v) is 13.5. The topological polar surface area (TPSA) is 38.8 Å². The molecule has 20 heavy (non-hydrogen) atoms. The van der Waals surface area contributed by atoms with Crippen molar-refractivity contribution in [2.75, 3.05) is 20.7 Å². The lowest BCUT2D eigenvalue weighted by Crippen LogP contribution is -2.39. The van der Waals surface area contributed by atoms with Crippen molar-refractivity contribution < 1.29 is 14.3 Å². The van der Waals surface area contributed by atoms with Crippen LogP contribution in [0.5, 0.6) is 0 Å². The van der Waals surface area contributed by atoms with Crippen LogP contribution in [-0.2, 0) is 9.47 Å². The molecule has 0 aromatic rings. The molecule has 4 heteroatoms. The summed E-state index contributed by atoms with van der Waals surface area (Å²) in [5.74, 6) is 0. The third-order valence-electron chi connectivity index (χ3n) is 2.76. The van der Waals surface area contributed by atoms with Gasteiger partial charge in [0.25, 0.3) is 0 Å². The largest absolute Gasteiger partial charge is 0.444 e. The number of allylic oxidation sites excluding steroid dienone is 2. The molecule has 1 unspecified atom stereocenters. The molecule has 0 aliphatic carbocycles. The van der Waals surface area contributed by atoms with E-state index in [0.29, 0.717) is 6.54 Å². The minimum absolute atomic E-state index is 0.261. The van der Waals surface area contributed by atoms with Gasteiger partial charge in [0.15, 0.2) is 0 Å². The van der Waals surface area contributed by atoms with E-state index in [9.17, 15) is 4.79 Å². The summed E-state index contributed by atoms with van der Waals surface area (Å²) < 4.78 is 10.8. The van der Waals surface area contributed by atoms with Gasteiger partial charge < -0.3 is 14.4 Å². The molecule has 1 amide bonds. The molecular formula is C16H27NO3. The van der Waals surface area contributed by atoms with Gasteiger partial charge in [-0.25, -0.2) is 4.79 Å². The Balaban J connectivity index is 4.93. The fourth-order valence-electron chi connectivity index (χ4n) is 1.63. The number of methoxy groups -OCH3 is 1. The molecule has 0 fully saturated rings. The minimum atomic E-state index is -0.512. The third kappa shape index (κ3) is 6.06. The van der Waals surface area contributed by atoms with Crippen LogP contribution in [0, 0.1) is 0 Å². The molecule has 0 saturated heterocycles. The van der Waals surface area contributed by atoms with E-state index in [1.54, 1.807) is 26.3 Å². The van der Waals surface area contributed by atoms with Crippen LogP contribution in [0.2, 0.25) is 0 Å². The van der Waals surface area contributed by atoms with Gasteiger partial charge in [-0.2, -0.15) is 0 Å². The zero-order chi connectivity index (χ0) is 15.9. The van der Waals surface area contributed by atoms with Crippen LogP contribution in [0.1, 0.15) is 27.7 Å². The Labute approximate surface area is 122 Å². The van der Waals surface area contributed by atoms with Gasteiger partial charge >= 0.3 is 6.09 Å². The maximum Gasteiger partial charge on any atom is 0.410 e. The fourth-order valence-corrected chi connectivity index (χ4v) is 1.63. The van der Waals surface area contributed by atoms with Gasteiger partial charge in [-0.15, -0.1) is 0 Å². The molecule has 0 aromatic carbocycles. The molecule has 114 valence electrons. The Morgan fingerprint density at radius 1 is 1.30 bits per heavy atom. The lowest BCUT2D eigenvalue weighted by Gasteiger charge is -2.28. The summed E-state index contributed by atoms with van der Waals surface area (Å²) in [4.78, 5) is 13.4. The van der Waals surface area contributed by atoms with E-state index >= 15 is 0 Å². The van der Waals surface area contributed by atoms with Crippen LogP contribution in [-0.4, -0.2) is 43.4 Å². The molecule has 0 radical (unpaired) electrons. The summed E-state index contributed by atoms with van der Waals surface area (Å²) in [5, 5.41) is 0. The van der Waals surface area contributed by atoms with Crippen molar-refractivity contribution in [1.29, 1.82) is 0 Å². The molecule has 0 aliphatic heterocycles. The smallest absolute Gasteiger partial charge is 0.410 e. The maximum atomic E-state index is 11.9. The number of rotatable bonds is 6. The summed E-state index contributed by atoms with van der Waals surface area (Å²) in [6, 6.07) is 0. The number of hydrogen-bond acceptors (Lipinski definition) is 3. The molecule has 0 saturated carbocycles. The Kier molecular flexibility index (Phi) is 7.29. The Morgan fingerprint density at radius 3 is 2.20 bits per heavy atom. The number of nitrogens with zero attached hydrogens (tertiary/aromatic N) is 1. The van der Waals surface area contributed by atoms with Crippen LogP contribution in [0.15, 0.2) is 36.5 Å². The second-order valence-electron chi connectivity index (χ2n) is 5.63. The van der Waals surface area contributed by atoms with Crippen LogP contribution in [0.4, 0.5) is 4.79 Å². The molecule has 1 atom stereocenters. The lowest BCUT2D eigenvalue weighted by molar-refractivity contribution is 0.0195. The monoisotopic (exact) mass is 281 g/mol. The van der Waals surface area contributed by atoms with E-state index in [1.807, 2.05) is 27.7 Å². The summed E-state index contributed by atoms with van der Waals surface area (Å²) in [6.07, 6.45) is 2.84. The molecule has 0 aromatic heterocycles. The zero-order valence-electron chi connectivity index (χ0n) is 13.5. The van der Waals surface area contributed by atoms with Crippen LogP contribution >= 0.6 is 0 Å². The van der Waals surface area contributed by atoms with Gasteiger partial charge in [0.1, 0.15) is 5.60 Å². The molecule has 0 N–H and O–H groups in total. The lowest BCUT2D eigenvalue weighted by atomic mass is 10.0. The van der Waals surface area contributed by atoms with E-state index in [1.165, 1.54) is 4.90 Å². The fraction of sp³-hybridized carbons (Fsp3) is 0.562. The Morgan fingerprint density at radius 2 is 1.85 bits per heavy atom. The normalized spacial score (nSPS) is 14.1. The number of amides is 1. The molecular weight excluding hydrogens is 254 g/mol. The van der Waals surface area contributed by atoms with Crippen LogP contribution in [0.3, 0.4) is 0 Å². The number of likely N-dealkylation sites (N-methyl/N-ethyl adjacent to an activating group) is 1.